The van der Waals surface area contributed by atoms with Gasteiger partial charge in [-0.2, -0.15) is 0 Å². The highest BCUT2D eigenvalue weighted by atomic mass is 28.3. The van der Waals surface area contributed by atoms with Gasteiger partial charge in [-0.15, -0.1) is 27.7 Å². The van der Waals surface area contributed by atoms with Crippen LogP contribution in [0.4, 0.5) is 0 Å². The Kier molecular flexibility index (Phi) is 25.0. The number of hydrogen-bond donors (Lipinski definition) is 0. The van der Waals surface area contributed by atoms with Crippen LogP contribution in [0.2, 0.25) is 92.2 Å². The molecular weight excluding hydrogens is 1330 g/mol. The van der Waals surface area contributed by atoms with Gasteiger partial charge in [0.25, 0.3) is 0 Å². The van der Waals surface area contributed by atoms with Gasteiger partial charge in [0.2, 0.25) is 0 Å². The van der Waals surface area contributed by atoms with Crippen LogP contribution in [0.25, 0.3) is 22.3 Å². The minimum atomic E-state index is -2.14. The summed E-state index contributed by atoms with van der Waals surface area (Å²) in [6.07, 6.45) is 0. The molecule has 546 valence electrons. The third-order valence-electron chi connectivity index (χ3n) is 22.3. The van der Waals surface area contributed by atoms with Gasteiger partial charge in [-0.05, 0) is 146 Å². The number of benzene rings is 6. The Morgan fingerprint density at radius 2 is 0.413 bits per heavy atom. The maximum atomic E-state index is 3.95. The zero-order valence-electron chi connectivity index (χ0n) is 72.2. The third kappa shape index (κ3) is 22.2. The Labute approximate surface area is 643 Å². The molecule has 6 aromatic rings. The van der Waals surface area contributed by atoms with Crippen molar-refractivity contribution in [3.8, 4) is 115 Å². The lowest BCUT2D eigenvalue weighted by Crippen LogP contribution is -2.35. The summed E-state index contributed by atoms with van der Waals surface area (Å²) in [6.45, 7) is 88.6. The van der Waals surface area contributed by atoms with E-state index in [9.17, 15) is 0 Å². The molecule has 0 aliphatic rings. The molecule has 0 spiro atoms. The van der Waals surface area contributed by atoms with E-state index in [1.54, 1.807) is 0 Å². The Morgan fingerprint density at radius 3 is 0.654 bits per heavy atom. The monoisotopic (exact) mass is 1460 g/mol. The molecule has 0 aliphatic heterocycles. The summed E-state index contributed by atoms with van der Waals surface area (Å²) in [5.41, 5.74) is 39.5. The van der Waals surface area contributed by atoms with Crippen LogP contribution in [0.15, 0.2) is 97.1 Å². The smallest absolute Gasteiger partial charge is 0.127 e. The lowest BCUT2D eigenvalue weighted by molar-refractivity contribution is 0.568. The van der Waals surface area contributed by atoms with Gasteiger partial charge in [0.15, 0.2) is 0 Å². The van der Waals surface area contributed by atoms with E-state index in [2.05, 4.69) is 449 Å². The highest BCUT2D eigenvalue weighted by molar-refractivity contribution is 6.89. The van der Waals surface area contributed by atoms with Crippen molar-refractivity contribution in [2.45, 2.75) is 306 Å². The van der Waals surface area contributed by atoms with Crippen molar-refractivity contribution in [1.29, 1.82) is 0 Å². The molecule has 0 aromatic heterocycles. The molecule has 0 nitrogen and oxygen atoms in total. The minimum Gasteiger partial charge on any atom is -0.127 e. The first-order chi connectivity index (χ1) is 46.8. The first-order valence-corrected chi connectivity index (χ1v) is 53.5. The van der Waals surface area contributed by atoms with Crippen molar-refractivity contribution in [2.24, 2.45) is 0 Å². The van der Waals surface area contributed by atoms with Crippen molar-refractivity contribution in [3.05, 3.63) is 186 Å². The third-order valence-corrected chi connectivity index (χ3v) is 41.2. The summed E-state index contributed by atoms with van der Waals surface area (Å²) in [4.78, 5) is 0. The lowest BCUT2D eigenvalue weighted by Gasteiger charge is -2.31. The molecule has 0 fully saturated rings. The van der Waals surface area contributed by atoms with E-state index in [0.717, 1.165) is 83.5 Å². The van der Waals surface area contributed by atoms with E-state index in [0.29, 0.717) is 0 Å². The molecule has 104 heavy (non-hydrogen) atoms. The van der Waals surface area contributed by atoms with Crippen LogP contribution in [-0.4, -0.2) is 40.4 Å². The van der Waals surface area contributed by atoms with Gasteiger partial charge in [-0.25, -0.2) is 0 Å². The highest BCUT2D eigenvalue weighted by Gasteiger charge is 2.37. The summed E-state index contributed by atoms with van der Waals surface area (Å²) < 4.78 is 0. The summed E-state index contributed by atoms with van der Waals surface area (Å²) >= 11 is 0. The van der Waals surface area contributed by atoms with E-state index in [4.69, 9.17) is 0 Å². The lowest BCUT2D eigenvalue weighted by atomic mass is 9.78. The van der Waals surface area contributed by atoms with Gasteiger partial charge in [0.05, 0.1) is 0 Å². The predicted molar refractivity (Wildman–Crippen MR) is 475 cm³/mol. The zero-order chi connectivity index (χ0) is 79.2. The van der Waals surface area contributed by atoms with Crippen LogP contribution in [0.3, 0.4) is 0 Å². The molecule has 0 heterocycles. The summed E-state index contributed by atoms with van der Waals surface area (Å²) in [6, 6.07) is 36.5. The molecule has 0 bridgehead atoms. The fraction of sp³-hybridized carbons (Fsp3) is 0.475. The maximum Gasteiger partial charge on any atom is 0.138 e. The SMILES string of the molecule is CC(C)(C)c1ccc(C#Cc2cc(C#Cc3cc(C#C[Si](C)(C)C(C)(C)C)c(-c4cc(C(C)(C)C)cc(C(C)(C)C)c4)cc3C#C[Si](C)(C)C(C)(C)C)c(C#C[Si](C)(C)C)cc2C#Cc2cc(C#C[Si](C)(C)C(C)(C)C)c(-c3cc(C(C)(C)C)cc(C(C)(C)C)c3)cc2C#C[Si](C)(C)C(C)(C)C)cc1. The molecule has 5 heteroatoms. The van der Waals surface area contributed by atoms with Crippen molar-refractivity contribution in [3.63, 3.8) is 0 Å². The van der Waals surface area contributed by atoms with Crippen LogP contribution in [0, 0.1) is 92.8 Å². The maximum absolute atomic E-state index is 3.95. The summed E-state index contributed by atoms with van der Waals surface area (Å²) in [5, 5.41) is 0.161. The average Bonchev–Trinajstić information content (AvgIpc) is 0.775. The molecule has 0 N–H and O–H groups in total. The van der Waals surface area contributed by atoms with E-state index in [1.807, 2.05) is 0 Å². The van der Waals surface area contributed by atoms with Crippen LogP contribution in [-0.2, 0) is 27.1 Å². The Balaban J connectivity index is 1.87. The van der Waals surface area contributed by atoms with Crippen molar-refractivity contribution in [1.82, 2.24) is 0 Å². The fourth-order valence-electron chi connectivity index (χ4n) is 9.97. The second kappa shape index (κ2) is 30.3. The number of rotatable bonds is 2. The van der Waals surface area contributed by atoms with Crippen LogP contribution in [0.5, 0.6) is 0 Å². The van der Waals surface area contributed by atoms with Crippen molar-refractivity contribution >= 4 is 40.4 Å². The van der Waals surface area contributed by atoms with Gasteiger partial charge in [-0.1, -0.05) is 373 Å². The van der Waals surface area contributed by atoms with Gasteiger partial charge in [-0.3, -0.25) is 0 Å². The van der Waals surface area contributed by atoms with E-state index < -0.39 is 40.4 Å². The highest BCUT2D eigenvalue weighted by Crippen LogP contribution is 2.43. The molecule has 6 rings (SSSR count). The Hall–Kier alpha value is -7.12. The minimum absolute atomic E-state index is 0.00903. The molecule has 0 saturated heterocycles. The molecule has 0 amide bonds. The van der Waals surface area contributed by atoms with Gasteiger partial charge >= 0.3 is 0 Å². The standard InChI is InChI=1S/C99H130Si5/c1-91(2,3)84-47-40-71(41-48-84)39-42-72-59-74(44-46-76-62-81(53-58-104(37,38)99(25,26)27)90(68-79(76)51-56-102(33,34)97(19,20)21)83-65-87(94(10,11)12)70-88(66-83)95(13,14)15)77(49-54-100(28,29)30)60-73(72)43-45-75-61-80(52-57-103(35,36)98(22,23)24)89(67-78(75)50-55-101(31,32)96(16,17)18)82-63-85(92(4,5)6)69-86(64-82)93(7,8)9/h40-41,47-48,59-70H,1-38H3. The molecule has 0 unspecified atom stereocenters. The first-order valence-electron chi connectivity index (χ1n) is 38.0. The predicted octanol–water partition coefficient (Wildman–Crippen LogP) is 26.5. The summed E-state index contributed by atoms with van der Waals surface area (Å²) in [7, 11) is -10.5. The van der Waals surface area contributed by atoms with Crippen molar-refractivity contribution in [2.75, 3.05) is 0 Å². The Morgan fingerprint density at radius 1 is 0.202 bits per heavy atom. The van der Waals surface area contributed by atoms with Gasteiger partial charge < -0.3 is 0 Å². The quantitative estimate of drug-likeness (QED) is 0.120. The van der Waals surface area contributed by atoms with Crippen LogP contribution < -0.4 is 0 Å². The van der Waals surface area contributed by atoms with Crippen LogP contribution >= 0.6 is 0 Å². The van der Waals surface area contributed by atoms with Crippen molar-refractivity contribution < 1.29 is 0 Å². The van der Waals surface area contributed by atoms with E-state index in [1.165, 1.54) is 27.8 Å². The largest absolute Gasteiger partial charge is 0.138 e. The van der Waals surface area contributed by atoms with Gasteiger partial charge in [0, 0.05) is 61.2 Å². The normalized spacial score (nSPS) is 12.9. The van der Waals surface area contributed by atoms with Gasteiger partial charge in [0.1, 0.15) is 40.4 Å². The molecule has 0 aliphatic carbocycles. The molecular formula is C99H130Si5. The zero-order valence-corrected chi connectivity index (χ0v) is 77.2. The Bertz CT molecular complexity index is 4750. The number of hydrogen-bond acceptors (Lipinski definition) is 0. The molecule has 0 radical (unpaired) electrons. The topological polar surface area (TPSA) is 0 Å². The second-order valence-corrected chi connectivity index (χ2v) is 66.8. The van der Waals surface area contributed by atoms with E-state index >= 15 is 0 Å². The summed E-state index contributed by atoms with van der Waals surface area (Å²) in [5.74, 6) is 41.8. The van der Waals surface area contributed by atoms with E-state index in [-0.39, 0.29) is 47.2 Å². The second-order valence-electron chi connectivity index (χ2n) is 42.0. The first kappa shape index (κ1) is 85.8. The molecule has 6 aromatic carbocycles. The average molecular weight is 1460 g/mol. The van der Waals surface area contributed by atoms with Crippen LogP contribution in [0.1, 0.15) is 276 Å². The molecule has 0 saturated carbocycles. The fourth-order valence-corrected chi connectivity index (χ4v) is 13.8. The molecule has 0 atom stereocenters.